The van der Waals surface area contributed by atoms with Crippen molar-refractivity contribution in [3.05, 3.63) is 0 Å². The van der Waals surface area contributed by atoms with Crippen LogP contribution in [0.1, 0.15) is 59.8 Å². The molecule has 0 saturated carbocycles. The lowest BCUT2D eigenvalue weighted by atomic mass is 9.87. The van der Waals surface area contributed by atoms with Crippen LogP contribution in [0.25, 0.3) is 0 Å². The van der Waals surface area contributed by atoms with Gasteiger partial charge in [-0.3, -0.25) is 4.90 Å². The maximum atomic E-state index is 6.02. The molecule has 2 rings (SSSR count). The summed E-state index contributed by atoms with van der Waals surface area (Å²) in [6, 6.07) is 2.12. The van der Waals surface area contributed by atoms with E-state index in [0.29, 0.717) is 12.1 Å². The maximum absolute atomic E-state index is 6.02. The summed E-state index contributed by atoms with van der Waals surface area (Å²) in [5.74, 6) is 0. The first-order chi connectivity index (χ1) is 9.11. The molecule has 0 spiro atoms. The predicted octanol–water partition coefficient (Wildman–Crippen LogP) is 2.80. The van der Waals surface area contributed by atoms with Crippen molar-refractivity contribution < 1.29 is 4.74 Å². The third-order valence-electron chi connectivity index (χ3n) is 5.29. The van der Waals surface area contributed by atoms with E-state index in [-0.39, 0.29) is 5.60 Å². The number of hydrogen-bond acceptors (Lipinski definition) is 3. The quantitative estimate of drug-likeness (QED) is 0.848. The van der Waals surface area contributed by atoms with Crippen molar-refractivity contribution in [3.63, 3.8) is 0 Å². The van der Waals surface area contributed by atoms with E-state index in [0.717, 1.165) is 25.6 Å². The Labute approximate surface area is 119 Å². The lowest BCUT2D eigenvalue weighted by molar-refractivity contribution is -0.106. The molecule has 1 N–H and O–H groups in total. The van der Waals surface area contributed by atoms with Crippen LogP contribution in [0.2, 0.25) is 0 Å². The number of nitrogens with zero attached hydrogens (tertiary/aromatic N) is 1. The third-order valence-corrected chi connectivity index (χ3v) is 5.29. The Bertz CT molecular complexity index is 284. The summed E-state index contributed by atoms with van der Waals surface area (Å²) in [6.45, 7) is 12.5. The summed E-state index contributed by atoms with van der Waals surface area (Å²) in [5.41, 5.74) is 0.105. The molecule has 112 valence electrons. The molecule has 0 radical (unpaired) electrons. The lowest BCUT2D eigenvalue weighted by Gasteiger charge is -2.49. The number of rotatable bonds is 4. The summed E-state index contributed by atoms with van der Waals surface area (Å²) >= 11 is 0. The number of ether oxygens (including phenoxy) is 1. The maximum Gasteiger partial charge on any atom is 0.0666 e. The minimum atomic E-state index is 0.105. The first-order valence-electron chi connectivity index (χ1n) is 8.25. The van der Waals surface area contributed by atoms with Crippen molar-refractivity contribution in [2.24, 2.45) is 0 Å². The van der Waals surface area contributed by atoms with Crippen LogP contribution in [0, 0.1) is 0 Å². The van der Waals surface area contributed by atoms with Crippen molar-refractivity contribution in [1.29, 1.82) is 0 Å². The van der Waals surface area contributed by atoms with Gasteiger partial charge in [-0.2, -0.15) is 0 Å². The van der Waals surface area contributed by atoms with Crippen molar-refractivity contribution in [2.45, 2.75) is 83.5 Å². The molecule has 0 bridgehead atoms. The zero-order valence-corrected chi connectivity index (χ0v) is 13.2. The second kappa shape index (κ2) is 6.55. The molecule has 0 aromatic heterocycles. The minimum Gasteiger partial charge on any atom is -0.375 e. The summed E-state index contributed by atoms with van der Waals surface area (Å²) < 4.78 is 6.02. The fourth-order valence-corrected chi connectivity index (χ4v) is 3.62. The average molecular weight is 268 g/mol. The Hall–Kier alpha value is -0.120. The largest absolute Gasteiger partial charge is 0.375 e. The van der Waals surface area contributed by atoms with E-state index < -0.39 is 0 Å². The fourth-order valence-electron chi connectivity index (χ4n) is 3.62. The van der Waals surface area contributed by atoms with Gasteiger partial charge in [-0.25, -0.2) is 0 Å². The second-order valence-electron chi connectivity index (χ2n) is 6.57. The van der Waals surface area contributed by atoms with Gasteiger partial charge in [-0.15, -0.1) is 0 Å². The molecule has 19 heavy (non-hydrogen) atoms. The topological polar surface area (TPSA) is 24.5 Å². The van der Waals surface area contributed by atoms with E-state index in [1.807, 2.05) is 0 Å². The zero-order valence-electron chi connectivity index (χ0n) is 13.2. The van der Waals surface area contributed by atoms with Gasteiger partial charge in [0.2, 0.25) is 0 Å². The van der Waals surface area contributed by atoms with Crippen molar-refractivity contribution in [2.75, 3.05) is 19.7 Å². The molecule has 3 nitrogen and oxygen atoms in total. The molecule has 2 heterocycles. The van der Waals surface area contributed by atoms with Crippen LogP contribution in [0.5, 0.6) is 0 Å². The highest BCUT2D eigenvalue weighted by molar-refractivity contribution is 4.93. The van der Waals surface area contributed by atoms with Gasteiger partial charge in [0.1, 0.15) is 0 Å². The minimum absolute atomic E-state index is 0.105. The van der Waals surface area contributed by atoms with Crippen LogP contribution < -0.4 is 5.32 Å². The highest BCUT2D eigenvalue weighted by Gasteiger charge is 2.38. The van der Waals surface area contributed by atoms with E-state index in [9.17, 15) is 0 Å². The van der Waals surface area contributed by atoms with Gasteiger partial charge in [0.05, 0.1) is 5.60 Å². The van der Waals surface area contributed by atoms with Crippen molar-refractivity contribution >= 4 is 0 Å². The van der Waals surface area contributed by atoms with E-state index in [4.69, 9.17) is 4.74 Å². The van der Waals surface area contributed by atoms with Gasteiger partial charge in [0, 0.05) is 37.8 Å². The highest BCUT2D eigenvalue weighted by Crippen LogP contribution is 2.32. The second-order valence-corrected chi connectivity index (χ2v) is 6.57. The fraction of sp³-hybridized carbons (Fsp3) is 1.00. The van der Waals surface area contributed by atoms with Gasteiger partial charge in [-0.1, -0.05) is 20.8 Å². The molecule has 0 amide bonds. The van der Waals surface area contributed by atoms with Gasteiger partial charge < -0.3 is 10.1 Å². The normalized spacial score (nSPS) is 41.4. The van der Waals surface area contributed by atoms with Crippen LogP contribution in [-0.2, 0) is 4.74 Å². The van der Waals surface area contributed by atoms with Crippen LogP contribution in [-0.4, -0.2) is 48.3 Å². The molecular weight excluding hydrogens is 236 g/mol. The summed E-state index contributed by atoms with van der Waals surface area (Å²) in [4.78, 5) is 2.79. The summed E-state index contributed by atoms with van der Waals surface area (Å²) in [5, 5.41) is 3.70. The third kappa shape index (κ3) is 3.50. The Morgan fingerprint density at radius 2 is 2.05 bits per heavy atom. The number of nitrogens with one attached hydrogen (secondary N) is 1. The smallest absolute Gasteiger partial charge is 0.0666 e. The molecule has 0 aromatic carbocycles. The Kier molecular flexibility index (Phi) is 5.27. The van der Waals surface area contributed by atoms with Crippen LogP contribution >= 0.6 is 0 Å². The Balaban J connectivity index is 2.04. The first kappa shape index (κ1) is 15.3. The lowest BCUT2D eigenvalue weighted by Crippen LogP contribution is -2.61. The molecule has 2 saturated heterocycles. The molecule has 0 aromatic rings. The van der Waals surface area contributed by atoms with Gasteiger partial charge in [0.15, 0.2) is 0 Å². The predicted molar refractivity (Wildman–Crippen MR) is 80.5 cm³/mol. The van der Waals surface area contributed by atoms with Crippen LogP contribution in [0.3, 0.4) is 0 Å². The van der Waals surface area contributed by atoms with Crippen molar-refractivity contribution in [1.82, 2.24) is 10.2 Å². The van der Waals surface area contributed by atoms with Gasteiger partial charge >= 0.3 is 0 Å². The number of hydrogen-bond donors (Lipinski definition) is 1. The Morgan fingerprint density at radius 1 is 1.26 bits per heavy atom. The summed E-state index contributed by atoms with van der Waals surface area (Å²) in [7, 11) is 0. The molecule has 4 atom stereocenters. The molecule has 0 aliphatic carbocycles. The molecule has 2 fully saturated rings. The average Bonchev–Trinajstić information content (AvgIpc) is 2.46. The van der Waals surface area contributed by atoms with E-state index in [1.54, 1.807) is 0 Å². The monoisotopic (exact) mass is 268 g/mol. The number of piperazine rings is 1. The van der Waals surface area contributed by atoms with E-state index in [1.165, 1.54) is 32.2 Å². The SMILES string of the molecule is CCC1CN(C2CCOC(C)(CC)C2)C(CC)CN1. The molecule has 3 heteroatoms. The highest BCUT2D eigenvalue weighted by atomic mass is 16.5. The summed E-state index contributed by atoms with van der Waals surface area (Å²) in [6.07, 6.45) is 6.04. The Morgan fingerprint density at radius 3 is 2.68 bits per heavy atom. The van der Waals surface area contributed by atoms with Crippen molar-refractivity contribution in [3.8, 4) is 0 Å². The van der Waals surface area contributed by atoms with Crippen LogP contribution in [0.4, 0.5) is 0 Å². The van der Waals surface area contributed by atoms with E-state index in [2.05, 4.69) is 37.9 Å². The first-order valence-corrected chi connectivity index (χ1v) is 8.25. The van der Waals surface area contributed by atoms with E-state index >= 15 is 0 Å². The van der Waals surface area contributed by atoms with Gasteiger partial charge in [0.25, 0.3) is 0 Å². The molecular formula is C16H32N2O. The zero-order chi connectivity index (χ0) is 13.9. The van der Waals surface area contributed by atoms with Gasteiger partial charge in [-0.05, 0) is 39.0 Å². The standard InChI is InChI=1S/C16H32N2O/c1-5-13-12-18(14(6-2)11-17-13)15-8-9-19-16(4,7-3)10-15/h13-15,17H,5-12H2,1-4H3. The van der Waals surface area contributed by atoms with Crippen LogP contribution in [0.15, 0.2) is 0 Å². The molecule has 2 aliphatic rings. The molecule has 4 unspecified atom stereocenters. The molecule has 2 aliphatic heterocycles.